The molecular formula is C12H20N4O2. The summed E-state index contributed by atoms with van der Waals surface area (Å²) in [5.74, 6) is 4.65. The Balaban J connectivity index is 2.83. The number of nitrogens with zero attached hydrogens (tertiary/aromatic N) is 2. The molecule has 0 fully saturated rings. The van der Waals surface area contributed by atoms with Crippen molar-refractivity contribution in [3.63, 3.8) is 0 Å². The molecule has 0 saturated heterocycles. The molecule has 0 atom stereocenters. The maximum Gasteiger partial charge on any atom is 0.283 e. The zero-order valence-electron chi connectivity index (χ0n) is 11.0. The van der Waals surface area contributed by atoms with Gasteiger partial charge in [-0.3, -0.25) is 15.1 Å². The number of pyridine rings is 1. The molecule has 0 saturated carbocycles. The fourth-order valence-corrected chi connectivity index (χ4v) is 1.35. The summed E-state index contributed by atoms with van der Waals surface area (Å²) >= 11 is 0. The first-order chi connectivity index (χ1) is 8.40. The number of likely N-dealkylation sites (N-methyl/N-ethyl adjacent to an activating group) is 1. The molecule has 0 aromatic carbocycles. The molecule has 0 spiro atoms. The quantitative estimate of drug-likeness (QED) is 0.386. The summed E-state index contributed by atoms with van der Waals surface area (Å²) in [6.07, 6.45) is 0. The Morgan fingerprint density at radius 1 is 1.56 bits per heavy atom. The van der Waals surface area contributed by atoms with Gasteiger partial charge in [-0.25, -0.2) is 10.8 Å². The molecule has 1 rings (SSSR count). The van der Waals surface area contributed by atoms with Crippen molar-refractivity contribution in [1.82, 2.24) is 15.3 Å². The van der Waals surface area contributed by atoms with Crippen LogP contribution in [0, 0.1) is 0 Å². The standard InChI is InChI=1S/C12H20N4O2/c1-12(2,8-17)16(3)7-9-5-4-6-10(14-9)11(18)15-13/h4-6,17H,7-8,13H2,1-3H3,(H,15,18). The first-order valence-corrected chi connectivity index (χ1v) is 5.69. The van der Waals surface area contributed by atoms with Crippen LogP contribution in [0.15, 0.2) is 18.2 Å². The second-order valence-electron chi connectivity index (χ2n) is 4.81. The summed E-state index contributed by atoms with van der Waals surface area (Å²) in [5.41, 5.74) is 2.74. The first-order valence-electron chi connectivity index (χ1n) is 5.69. The normalized spacial score (nSPS) is 11.7. The number of hydrazine groups is 1. The minimum absolute atomic E-state index is 0.0481. The van der Waals surface area contributed by atoms with Gasteiger partial charge >= 0.3 is 0 Å². The maximum absolute atomic E-state index is 11.4. The number of carbonyl (C=O) groups excluding carboxylic acids is 1. The second kappa shape index (κ2) is 5.90. The largest absolute Gasteiger partial charge is 0.394 e. The van der Waals surface area contributed by atoms with Gasteiger partial charge in [0.2, 0.25) is 0 Å². The average Bonchev–Trinajstić information content (AvgIpc) is 2.38. The van der Waals surface area contributed by atoms with E-state index in [1.165, 1.54) is 0 Å². The van der Waals surface area contributed by atoms with Gasteiger partial charge in [0.1, 0.15) is 5.69 Å². The number of amides is 1. The highest BCUT2D eigenvalue weighted by atomic mass is 16.3. The number of hydrogen-bond acceptors (Lipinski definition) is 5. The highest BCUT2D eigenvalue weighted by Gasteiger charge is 2.22. The van der Waals surface area contributed by atoms with Crippen LogP contribution in [0.1, 0.15) is 30.0 Å². The third-order valence-corrected chi connectivity index (χ3v) is 2.99. The molecule has 0 aliphatic rings. The van der Waals surface area contributed by atoms with E-state index < -0.39 is 5.91 Å². The van der Waals surface area contributed by atoms with E-state index in [0.717, 1.165) is 5.69 Å². The molecule has 100 valence electrons. The van der Waals surface area contributed by atoms with E-state index in [9.17, 15) is 9.90 Å². The number of nitrogen functional groups attached to an aromatic ring is 1. The minimum Gasteiger partial charge on any atom is -0.394 e. The Morgan fingerprint density at radius 3 is 2.78 bits per heavy atom. The fraction of sp³-hybridized carbons (Fsp3) is 0.500. The Labute approximate surface area is 107 Å². The number of hydrogen-bond donors (Lipinski definition) is 3. The Kier molecular flexibility index (Phi) is 4.77. The minimum atomic E-state index is -0.416. The van der Waals surface area contributed by atoms with Crippen molar-refractivity contribution in [1.29, 1.82) is 0 Å². The Hall–Kier alpha value is -1.50. The number of rotatable bonds is 5. The molecule has 1 heterocycles. The lowest BCUT2D eigenvalue weighted by Crippen LogP contribution is -2.43. The Bertz CT molecular complexity index is 420. The van der Waals surface area contributed by atoms with Crippen LogP contribution in [0.5, 0.6) is 0 Å². The number of nitrogens with two attached hydrogens (primary N) is 1. The predicted octanol–water partition coefficient (Wildman–Crippen LogP) is -0.112. The van der Waals surface area contributed by atoms with Crippen LogP contribution in [0.2, 0.25) is 0 Å². The third kappa shape index (κ3) is 3.49. The molecular weight excluding hydrogens is 232 g/mol. The van der Waals surface area contributed by atoms with Crippen LogP contribution < -0.4 is 11.3 Å². The van der Waals surface area contributed by atoms with E-state index in [0.29, 0.717) is 6.54 Å². The zero-order chi connectivity index (χ0) is 13.8. The number of aliphatic hydroxyl groups excluding tert-OH is 1. The molecule has 0 bridgehead atoms. The van der Waals surface area contributed by atoms with Crippen molar-refractivity contribution >= 4 is 5.91 Å². The van der Waals surface area contributed by atoms with Crippen LogP contribution in [0.25, 0.3) is 0 Å². The first kappa shape index (κ1) is 14.6. The summed E-state index contributed by atoms with van der Waals surface area (Å²) in [6.45, 7) is 4.46. The van der Waals surface area contributed by atoms with Crippen molar-refractivity contribution in [3.05, 3.63) is 29.6 Å². The molecule has 18 heavy (non-hydrogen) atoms. The second-order valence-corrected chi connectivity index (χ2v) is 4.81. The molecule has 4 N–H and O–H groups in total. The Morgan fingerprint density at radius 2 is 2.22 bits per heavy atom. The topological polar surface area (TPSA) is 91.5 Å². The molecule has 0 aliphatic heterocycles. The molecule has 1 aromatic heterocycles. The van der Waals surface area contributed by atoms with Gasteiger partial charge in [0.05, 0.1) is 12.3 Å². The van der Waals surface area contributed by atoms with Crippen LogP contribution in [0.4, 0.5) is 0 Å². The molecule has 0 aliphatic carbocycles. The number of nitrogens with one attached hydrogen (secondary N) is 1. The van der Waals surface area contributed by atoms with Crippen LogP contribution >= 0.6 is 0 Å². The van der Waals surface area contributed by atoms with E-state index in [-0.39, 0.29) is 17.8 Å². The van der Waals surface area contributed by atoms with E-state index in [1.807, 2.05) is 37.3 Å². The lowest BCUT2D eigenvalue weighted by atomic mass is 10.1. The summed E-state index contributed by atoms with van der Waals surface area (Å²) < 4.78 is 0. The van der Waals surface area contributed by atoms with Crippen LogP contribution in [0.3, 0.4) is 0 Å². The predicted molar refractivity (Wildman–Crippen MR) is 68.5 cm³/mol. The zero-order valence-corrected chi connectivity index (χ0v) is 11.0. The summed E-state index contributed by atoms with van der Waals surface area (Å²) in [4.78, 5) is 17.5. The number of aromatic nitrogens is 1. The molecule has 0 radical (unpaired) electrons. The number of aliphatic hydroxyl groups is 1. The summed E-state index contributed by atoms with van der Waals surface area (Å²) in [5, 5.41) is 9.28. The van der Waals surface area contributed by atoms with E-state index in [1.54, 1.807) is 12.1 Å². The van der Waals surface area contributed by atoms with E-state index in [2.05, 4.69) is 4.98 Å². The lowest BCUT2D eigenvalue weighted by molar-refractivity contribution is 0.0723. The van der Waals surface area contributed by atoms with Crippen LogP contribution in [-0.4, -0.2) is 40.1 Å². The molecule has 1 aromatic rings. The van der Waals surface area contributed by atoms with Gasteiger partial charge in [0.15, 0.2) is 0 Å². The van der Waals surface area contributed by atoms with Crippen molar-refractivity contribution in [2.24, 2.45) is 5.84 Å². The highest BCUT2D eigenvalue weighted by Crippen LogP contribution is 2.14. The van der Waals surface area contributed by atoms with Crippen molar-refractivity contribution in [2.45, 2.75) is 25.9 Å². The van der Waals surface area contributed by atoms with E-state index >= 15 is 0 Å². The smallest absolute Gasteiger partial charge is 0.283 e. The molecule has 1 amide bonds. The van der Waals surface area contributed by atoms with Gasteiger partial charge in [0.25, 0.3) is 5.91 Å². The SMILES string of the molecule is CN(Cc1cccc(C(=O)NN)n1)C(C)(C)CO. The van der Waals surface area contributed by atoms with Gasteiger partial charge in [-0.2, -0.15) is 0 Å². The van der Waals surface area contributed by atoms with Gasteiger partial charge in [-0.1, -0.05) is 6.07 Å². The van der Waals surface area contributed by atoms with Crippen LogP contribution in [-0.2, 0) is 6.54 Å². The summed E-state index contributed by atoms with van der Waals surface area (Å²) in [7, 11) is 1.90. The highest BCUT2D eigenvalue weighted by molar-refractivity contribution is 5.91. The van der Waals surface area contributed by atoms with Gasteiger partial charge < -0.3 is 5.11 Å². The monoisotopic (exact) mass is 252 g/mol. The maximum atomic E-state index is 11.4. The number of carbonyl (C=O) groups is 1. The van der Waals surface area contributed by atoms with Crippen molar-refractivity contribution in [3.8, 4) is 0 Å². The van der Waals surface area contributed by atoms with Gasteiger partial charge in [0, 0.05) is 12.1 Å². The molecule has 6 nitrogen and oxygen atoms in total. The lowest BCUT2D eigenvalue weighted by Gasteiger charge is -2.33. The van der Waals surface area contributed by atoms with Gasteiger partial charge in [-0.05, 0) is 33.0 Å². The van der Waals surface area contributed by atoms with E-state index in [4.69, 9.17) is 5.84 Å². The fourth-order valence-electron chi connectivity index (χ4n) is 1.35. The van der Waals surface area contributed by atoms with Crippen molar-refractivity contribution < 1.29 is 9.90 Å². The third-order valence-electron chi connectivity index (χ3n) is 2.99. The van der Waals surface area contributed by atoms with Crippen molar-refractivity contribution in [2.75, 3.05) is 13.7 Å². The van der Waals surface area contributed by atoms with Gasteiger partial charge in [-0.15, -0.1) is 0 Å². The molecule has 0 unspecified atom stereocenters. The summed E-state index contributed by atoms with van der Waals surface area (Å²) in [6, 6.07) is 5.19. The average molecular weight is 252 g/mol. The molecule has 6 heteroatoms.